The molecule has 2 N–H and O–H groups in total. The number of fused-ring (bicyclic) bond motifs is 1. The quantitative estimate of drug-likeness (QED) is 0.566. The molecule has 3 heterocycles. The third kappa shape index (κ3) is 3.91. The Morgan fingerprint density at radius 2 is 1.97 bits per heavy atom. The Balaban J connectivity index is 1.55. The van der Waals surface area contributed by atoms with Gasteiger partial charge in [0.1, 0.15) is 6.04 Å². The van der Waals surface area contributed by atoms with Gasteiger partial charge in [-0.15, -0.1) is 6.42 Å². The van der Waals surface area contributed by atoms with Gasteiger partial charge in [0.2, 0.25) is 11.8 Å². The number of hydrogen-bond acceptors (Lipinski definition) is 5. The lowest BCUT2D eigenvalue weighted by molar-refractivity contribution is -0.136. The van der Waals surface area contributed by atoms with E-state index in [1.807, 2.05) is 18.2 Å². The predicted octanol–water partition coefficient (Wildman–Crippen LogP) is 0.635. The molecular formula is C22H26N4O3. The second-order valence-electron chi connectivity index (χ2n) is 7.93. The van der Waals surface area contributed by atoms with Crippen molar-refractivity contribution in [2.24, 2.45) is 0 Å². The number of piperidine rings is 2. The van der Waals surface area contributed by atoms with E-state index in [1.54, 1.807) is 4.90 Å². The number of imide groups is 1. The first-order valence-corrected chi connectivity index (χ1v) is 10.2. The van der Waals surface area contributed by atoms with E-state index in [-0.39, 0.29) is 24.1 Å². The molecule has 3 aliphatic heterocycles. The molecular weight excluding hydrogens is 368 g/mol. The van der Waals surface area contributed by atoms with Gasteiger partial charge >= 0.3 is 0 Å². The van der Waals surface area contributed by atoms with E-state index in [0.29, 0.717) is 37.7 Å². The summed E-state index contributed by atoms with van der Waals surface area (Å²) in [6, 6.07) is 5.60. The maximum atomic E-state index is 13.0. The molecule has 4 rings (SSSR count). The minimum absolute atomic E-state index is 0.137. The number of carbonyl (C=O) groups is 3. The fourth-order valence-electron chi connectivity index (χ4n) is 4.62. The van der Waals surface area contributed by atoms with Gasteiger partial charge in [-0.2, -0.15) is 0 Å². The van der Waals surface area contributed by atoms with Gasteiger partial charge in [-0.25, -0.2) is 0 Å². The summed E-state index contributed by atoms with van der Waals surface area (Å²) in [6.45, 7) is 3.63. The Hall–Kier alpha value is -2.69. The van der Waals surface area contributed by atoms with Crippen molar-refractivity contribution in [3.63, 3.8) is 0 Å². The van der Waals surface area contributed by atoms with Gasteiger partial charge in [0.05, 0.1) is 6.54 Å². The number of hydrogen-bond donors (Lipinski definition) is 2. The van der Waals surface area contributed by atoms with Gasteiger partial charge in [0, 0.05) is 31.1 Å². The minimum atomic E-state index is -0.591. The van der Waals surface area contributed by atoms with E-state index < -0.39 is 6.04 Å². The van der Waals surface area contributed by atoms with Crippen LogP contribution in [0.4, 0.5) is 0 Å². The van der Waals surface area contributed by atoms with Crippen molar-refractivity contribution in [2.45, 2.75) is 50.9 Å². The van der Waals surface area contributed by atoms with Crippen LogP contribution in [0.25, 0.3) is 0 Å². The summed E-state index contributed by atoms with van der Waals surface area (Å²) in [6.07, 6.45) is 8.37. The average Bonchev–Trinajstić information content (AvgIpc) is 3.06. The predicted molar refractivity (Wildman–Crippen MR) is 108 cm³/mol. The van der Waals surface area contributed by atoms with Crippen molar-refractivity contribution in [3.8, 4) is 12.3 Å². The molecule has 29 heavy (non-hydrogen) atoms. The maximum Gasteiger partial charge on any atom is 0.255 e. The van der Waals surface area contributed by atoms with E-state index in [4.69, 9.17) is 6.42 Å². The van der Waals surface area contributed by atoms with Crippen LogP contribution in [0.1, 0.15) is 47.2 Å². The molecule has 1 aromatic rings. The zero-order chi connectivity index (χ0) is 20.4. The number of nitrogens with zero attached hydrogens (tertiary/aromatic N) is 2. The van der Waals surface area contributed by atoms with Crippen LogP contribution in [0, 0.1) is 12.3 Å². The number of rotatable bonds is 5. The van der Waals surface area contributed by atoms with E-state index in [0.717, 1.165) is 37.1 Å². The van der Waals surface area contributed by atoms with Crippen molar-refractivity contribution in [1.29, 1.82) is 0 Å². The normalized spacial score (nSPS) is 22.6. The maximum absolute atomic E-state index is 13.0. The largest absolute Gasteiger partial charge is 0.322 e. The van der Waals surface area contributed by atoms with Crippen LogP contribution in [0.5, 0.6) is 0 Å². The van der Waals surface area contributed by atoms with Gasteiger partial charge in [-0.3, -0.25) is 24.6 Å². The first kappa shape index (κ1) is 19.6. The molecule has 2 saturated heterocycles. The first-order chi connectivity index (χ1) is 14.1. The number of amides is 3. The monoisotopic (exact) mass is 394 g/mol. The van der Waals surface area contributed by atoms with Gasteiger partial charge in [0.25, 0.3) is 5.91 Å². The fourth-order valence-corrected chi connectivity index (χ4v) is 4.62. The Kier molecular flexibility index (Phi) is 5.65. The fraction of sp³-hybridized carbons (Fsp3) is 0.500. The van der Waals surface area contributed by atoms with Crippen LogP contribution < -0.4 is 10.6 Å². The lowest BCUT2D eigenvalue weighted by Crippen LogP contribution is -2.52. The molecule has 3 aliphatic rings. The Labute approximate surface area is 170 Å². The van der Waals surface area contributed by atoms with Gasteiger partial charge < -0.3 is 10.2 Å². The van der Waals surface area contributed by atoms with E-state index in [2.05, 4.69) is 21.5 Å². The molecule has 0 aromatic heterocycles. The van der Waals surface area contributed by atoms with Crippen LogP contribution in [-0.4, -0.2) is 59.2 Å². The summed E-state index contributed by atoms with van der Waals surface area (Å²) in [5, 5.41) is 5.73. The van der Waals surface area contributed by atoms with Crippen molar-refractivity contribution < 1.29 is 14.4 Å². The van der Waals surface area contributed by atoms with Crippen molar-refractivity contribution in [3.05, 3.63) is 34.9 Å². The highest BCUT2D eigenvalue weighted by molar-refractivity contribution is 6.05. The molecule has 1 unspecified atom stereocenters. The third-order valence-corrected chi connectivity index (χ3v) is 6.17. The SMILES string of the molecule is C#CCN(Cc1cccc2c1CN(C1CCC(=O)NC1=O)C2=O)C1CCNCC1. The van der Waals surface area contributed by atoms with Crippen molar-refractivity contribution in [2.75, 3.05) is 19.6 Å². The molecule has 0 radical (unpaired) electrons. The lowest BCUT2D eigenvalue weighted by atomic mass is 10.00. The zero-order valence-electron chi connectivity index (χ0n) is 16.4. The second-order valence-corrected chi connectivity index (χ2v) is 7.93. The molecule has 1 aromatic carbocycles. The molecule has 0 aliphatic carbocycles. The third-order valence-electron chi connectivity index (χ3n) is 6.17. The molecule has 0 bridgehead atoms. The highest BCUT2D eigenvalue weighted by Gasteiger charge is 2.40. The average molecular weight is 394 g/mol. The zero-order valence-corrected chi connectivity index (χ0v) is 16.4. The minimum Gasteiger partial charge on any atom is -0.322 e. The molecule has 2 fully saturated rings. The van der Waals surface area contributed by atoms with Gasteiger partial charge in [0.15, 0.2) is 0 Å². The topological polar surface area (TPSA) is 81.8 Å². The van der Waals surface area contributed by atoms with Crippen LogP contribution in [0.2, 0.25) is 0 Å². The number of terminal acetylenes is 1. The highest BCUT2D eigenvalue weighted by Crippen LogP contribution is 2.31. The summed E-state index contributed by atoms with van der Waals surface area (Å²) in [5.41, 5.74) is 2.70. The Morgan fingerprint density at radius 3 is 2.69 bits per heavy atom. The van der Waals surface area contributed by atoms with Crippen LogP contribution in [0.15, 0.2) is 18.2 Å². The van der Waals surface area contributed by atoms with E-state index in [1.165, 1.54) is 0 Å². The lowest BCUT2D eigenvalue weighted by Gasteiger charge is -2.34. The number of carbonyl (C=O) groups excluding carboxylic acids is 3. The number of nitrogens with one attached hydrogen (secondary N) is 2. The summed E-state index contributed by atoms with van der Waals surface area (Å²) < 4.78 is 0. The van der Waals surface area contributed by atoms with Gasteiger partial charge in [-0.05, 0) is 49.5 Å². The molecule has 0 saturated carbocycles. The van der Waals surface area contributed by atoms with Crippen molar-refractivity contribution in [1.82, 2.24) is 20.4 Å². The second kappa shape index (κ2) is 8.36. The summed E-state index contributed by atoms with van der Waals surface area (Å²) in [5.74, 6) is 1.98. The summed E-state index contributed by atoms with van der Waals surface area (Å²) >= 11 is 0. The molecule has 1 atom stereocenters. The first-order valence-electron chi connectivity index (χ1n) is 10.2. The molecule has 7 nitrogen and oxygen atoms in total. The van der Waals surface area contributed by atoms with Crippen LogP contribution in [-0.2, 0) is 22.7 Å². The molecule has 0 spiro atoms. The highest BCUT2D eigenvalue weighted by atomic mass is 16.2. The summed E-state index contributed by atoms with van der Waals surface area (Å²) in [7, 11) is 0. The van der Waals surface area contributed by atoms with Gasteiger partial charge in [-0.1, -0.05) is 18.1 Å². The Bertz CT molecular complexity index is 869. The van der Waals surface area contributed by atoms with Crippen LogP contribution in [0.3, 0.4) is 0 Å². The number of benzene rings is 1. The van der Waals surface area contributed by atoms with Crippen molar-refractivity contribution >= 4 is 17.7 Å². The molecule has 152 valence electrons. The smallest absolute Gasteiger partial charge is 0.255 e. The Morgan fingerprint density at radius 1 is 1.17 bits per heavy atom. The van der Waals surface area contributed by atoms with E-state index >= 15 is 0 Å². The summed E-state index contributed by atoms with van der Waals surface area (Å²) in [4.78, 5) is 40.7. The van der Waals surface area contributed by atoms with E-state index in [9.17, 15) is 14.4 Å². The molecule has 7 heteroatoms. The standard InChI is InChI=1S/C22H26N4O3/c1-2-12-25(16-8-10-23-11-9-16)13-15-4-3-5-17-18(15)14-26(22(17)29)19-6-7-20(27)24-21(19)28/h1,3-5,16,19,23H,6-14H2,(H,24,27,28). The molecule has 3 amide bonds. The van der Waals surface area contributed by atoms with Crippen LogP contribution >= 0.6 is 0 Å².